The first-order valence-electron chi connectivity index (χ1n) is 9.53. The van der Waals surface area contributed by atoms with E-state index in [2.05, 4.69) is 24.0 Å². The van der Waals surface area contributed by atoms with Crippen molar-refractivity contribution in [3.05, 3.63) is 101 Å². The highest BCUT2D eigenvalue weighted by atomic mass is 32.2. The second-order valence-electron chi connectivity index (χ2n) is 6.94. The number of hydrogen-bond donors (Lipinski definition) is 1. The van der Waals surface area contributed by atoms with E-state index in [0.717, 1.165) is 22.1 Å². The summed E-state index contributed by atoms with van der Waals surface area (Å²) in [5, 5.41) is 1.81. The largest absolute Gasteiger partial charge is 0.349 e. The Morgan fingerprint density at radius 1 is 0.897 bits per heavy atom. The lowest BCUT2D eigenvalue weighted by atomic mass is 10.2. The van der Waals surface area contributed by atoms with Gasteiger partial charge in [0.25, 0.3) is 5.56 Å². The fourth-order valence-electron chi connectivity index (χ4n) is 3.58. The van der Waals surface area contributed by atoms with Gasteiger partial charge in [0.1, 0.15) is 11.0 Å². The smallest absolute Gasteiger partial charge is 0.283 e. The van der Waals surface area contributed by atoms with Crippen molar-refractivity contribution < 1.29 is 0 Å². The molecule has 5 heteroatoms. The molecule has 0 bridgehead atoms. The van der Waals surface area contributed by atoms with Crippen LogP contribution in [0.15, 0.2) is 94.9 Å². The number of fused-ring (bicyclic) bond motifs is 3. The first kappa shape index (κ1) is 17.8. The maximum absolute atomic E-state index is 13.5. The van der Waals surface area contributed by atoms with E-state index in [0.29, 0.717) is 10.7 Å². The number of rotatable bonds is 4. The molecule has 3 aromatic carbocycles. The zero-order chi connectivity index (χ0) is 19.8. The molecule has 5 aromatic rings. The van der Waals surface area contributed by atoms with Gasteiger partial charge in [-0.15, -0.1) is 0 Å². The molecule has 142 valence electrons. The number of nitrogens with zero attached hydrogens (tertiary/aromatic N) is 2. The normalized spacial score (nSPS) is 12.4. The molecular weight excluding hydrogens is 378 g/mol. The van der Waals surface area contributed by atoms with Gasteiger partial charge in [0.15, 0.2) is 5.16 Å². The van der Waals surface area contributed by atoms with Crippen LogP contribution in [-0.4, -0.2) is 14.5 Å². The van der Waals surface area contributed by atoms with Gasteiger partial charge in [0, 0.05) is 16.2 Å². The van der Waals surface area contributed by atoms with Crippen LogP contribution in [0.25, 0.3) is 27.6 Å². The minimum absolute atomic E-state index is 0.0832. The van der Waals surface area contributed by atoms with Gasteiger partial charge in [-0.25, -0.2) is 4.98 Å². The number of aromatic amines is 1. The van der Waals surface area contributed by atoms with Gasteiger partial charge in [0.05, 0.1) is 5.69 Å². The number of thioether (sulfide) groups is 1. The standard InChI is InChI=1S/C24H19N3OS/c1-16(17-10-4-2-5-11-17)29-24-26-21-19-14-8-9-15-20(19)25-22(21)23(28)27(24)18-12-6-3-7-13-18/h2-16,25H,1H3/t16-/m1/s1. The minimum Gasteiger partial charge on any atom is -0.349 e. The Hall–Kier alpha value is -3.31. The Morgan fingerprint density at radius 3 is 2.31 bits per heavy atom. The molecule has 0 unspecified atom stereocenters. The van der Waals surface area contributed by atoms with Gasteiger partial charge in [-0.2, -0.15) is 0 Å². The summed E-state index contributed by atoms with van der Waals surface area (Å²) < 4.78 is 1.71. The number of hydrogen-bond acceptors (Lipinski definition) is 3. The van der Waals surface area contributed by atoms with E-state index >= 15 is 0 Å². The van der Waals surface area contributed by atoms with Crippen molar-refractivity contribution >= 4 is 33.7 Å². The van der Waals surface area contributed by atoms with E-state index in [9.17, 15) is 4.79 Å². The van der Waals surface area contributed by atoms with Crippen molar-refractivity contribution in [2.75, 3.05) is 0 Å². The average molecular weight is 398 g/mol. The van der Waals surface area contributed by atoms with E-state index in [1.807, 2.05) is 72.8 Å². The van der Waals surface area contributed by atoms with Gasteiger partial charge < -0.3 is 4.98 Å². The second kappa shape index (κ2) is 7.26. The fraction of sp³-hybridized carbons (Fsp3) is 0.0833. The van der Waals surface area contributed by atoms with Crippen LogP contribution >= 0.6 is 11.8 Å². The van der Waals surface area contributed by atoms with Crippen molar-refractivity contribution in [2.45, 2.75) is 17.3 Å². The lowest BCUT2D eigenvalue weighted by Crippen LogP contribution is -2.22. The number of nitrogens with one attached hydrogen (secondary N) is 1. The topological polar surface area (TPSA) is 50.7 Å². The molecule has 4 nitrogen and oxygen atoms in total. The third kappa shape index (κ3) is 3.13. The third-order valence-electron chi connectivity index (χ3n) is 5.06. The van der Waals surface area contributed by atoms with Gasteiger partial charge in [0.2, 0.25) is 0 Å². The van der Waals surface area contributed by atoms with E-state index in [4.69, 9.17) is 4.98 Å². The molecule has 0 spiro atoms. The molecule has 0 amide bonds. The summed E-state index contributed by atoms with van der Waals surface area (Å²) in [7, 11) is 0. The van der Waals surface area contributed by atoms with Crippen LogP contribution in [-0.2, 0) is 0 Å². The molecule has 1 N–H and O–H groups in total. The van der Waals surface area contributed by atoms with Crippen LogP contribution in [0.2, 0.25) is 0 Å². The molecular formula is C24H19N3OS. The first-order chi connectivity index (χ1) is 14.2. The molecule has 29 heavy (non-hydrogen) atoms. The highest BCUT2D eigenvalue weighted by Gasteiger charge is 2.19. The van der Waals surface area contributed by atoms with E-state index in [1.54, 1.807) is 16.3 Å². The Morgan fingerprint density at radius 2 is 1.55 bits per heavy atom. The number of aromatic nitrogens is 3. The SMILES string of the molecule is C[C@@H](Sc1nc2c([nH]c3ccccc32)c(=O)n1-c1ccccc1)c1ccccc1. The fourth-order valence-corrected chi connectivity index (χ4v) is 4.62. The maximum atomic E-state index is 13.5. The van der Waals surface area contributed by atoms with Crippen LogP contribution in [0.3, 0.4) is 0 Å². The number of para-hydroxylation sites is 2. The predicted molar refractivity (Wildman–Crippen MR) is 120 cm³/mol. The highest BCUT2D eigenvalue weighted by molar-refractivity contribution is 7.99. The second-order valence-corrected chi connectivity index (χ2v) is 8.24. The maximum Gasteiger partial charge on any atom is 0.283 e. The molecule has 0 aliphatic carbocycles. The first-order valence-corrected chi connectivity index (χ1v) is 10.4. The van der Waals surface area contributed by atoms with Crippen LogP contribution in [0, 0.1) is 0 Å². The lowest BCUT2D eigenvalue weighted by Gasteiger charge is -2.16. The van der Waals surface area contributed by atoms with Crippen molar-refractivity contribution in [1.82, 2.24) is 14.5 Å². The summed E-state index contributed by atoms with van der Waals surface area (Å²) >= 11 is 1.60. The zero-order valence-electron chi connectivity index (χ0n) is 15.9. The molecule has 0 saturated carbocycles. The summed E-state index contributed by atoms with van der Waals surface area (Å²) in [6.45, 7) is 2.14. The monoisotopic (exact) mass is 397 g/mol. The molecule has 0 aliphatic rings. The van der Waals surface area contributed by atoms with Gasteiger partial charge >= 0.3 is 0 Å². The lowest BCUT2D eigenvalue weighted by molar-refractivity contribution is 0.814. The van der Waals surface area contributed by atoms with E-state index < -0.39 is 0 Å². The van der Waals surface area contributed by atoms with Crippen LogP contribution in [0.1, 0.15) is 17.7 Å². The number of benzene rings is 3. The van der Waals surface area contributed by atoms with Crippen molar-refractivity contribution in [1.29, 1.82) is 0 Å². The summed E-state index contributed by atoms with van der Waals surface area (Å²) in [4.78, 5) is 21.7. The van der Waals surface area contributed by atoms with Gasteiger partial charge in [-0.1, -0.05) is 78.5 Å². The van der Waals surface area contributed by atoms with Crippen molar-refractivity contribution in [2.24, 2.45) is 0 Å². The van der Waals surface area contributed by atoms with E-state index in [1.165, 1.54) is 5.56 Å². The quantitative estimate of drug-likeness (QED) is 0.312. The Kier molecular flexibility index (Phi) is 4.45. The summed E-state index contributed by atoms with van der Waals surface area (Å²) in [5.74, 6) is 0. The summed E-state index contributed by atoms with van der Waals surface area (Å²) in [6, 6.07) is 27.9. The molecule has 2 heterocycles. The summed E-state index contributed by atoms with van der Waals surface area (Å²) in [5.41, 5.74) is 4.11. The Labute approximate surface area is 172 Å². The Bertz CT molecular complexity index is 1360. The minimum atomic E-state index is -0.0832. The molecule has 0 aliphatic heterocycles. The van der Waals surface area contributed by atoms with Gasteiger partial charge in [-0.3, -0.25) is 9.36 Å². The molecule has 0 radical (unpaired) electrons. The zero-order valence-corrected chi connectivity index (χ0v) is 16.7. The molecule has 5 rings (SSSR count). The average Bonchev–Trinajstić information content (AvgIpc) is 3.14. The molecule has 1 atom stereocenters. The van der Waals surface area contributed by atoms with Crippen molar-refractivity contribution in [3.63, 3.8) is 0 Å². The third-order valence-corrected chi connectivity index (χ3v) is 6.17. The predicted octanol–water partition coefficient (Wildman–Crippen LogP) is 5.72. The highest BCUT2D eigenvalue weighted by Crippen LogP contribution is 2.35. The van der Waals surface area contributed by atoms with Crippen molar-refractivity contribution in [3.8, 4) is 5.69 Å². The van der Waals surface area contributed by atoms with Crippen LogP contribution in [0.4, 0.5) is 0 Å². The van der Waals surface area contributed by atoms with Gasteiger partial charge in [-0.05, 0) is 30.7 Å². The van der Waals surface area contributed by atoms with Crippen LogP contribution < -0.4 is 5.56 Å². The van der Waals surface area contributed by atoms with E-state index in [-0.39, 0.29) is 10.8 Å². The van der Waals surface area contributed by atoms with Crippen LogP contribution in [0.5, 0.6) is 0 Å². The molecule has 0 fully saturated rings. The summed E-state index contributed by atoms with van der Waals surface area (Å²) in [6.07, 6.45) is 0. The number of H-pyrrole nitrogens is 1. The molecule has 2 aromatic heterocycles. The Balaban J connectivity index is 1.75. The molecule has 0 saturated heterocycles.